The van der Waals surface area contributed by atoms with Gasteiger partial charge >= 0.3 is 0 Å². The van der Waals surface area contributed by atoms with Crippen LogP contribution in [-0.4, -0.2) is 15.7 Å². The van der Waals surface area contributed by atoms with Crippen molar-refractivity contribution >= 4 is 5.91 Å². The molecule has 1 amide bonds. The summed E-state index contributed by atoms with van der Waals surface area (Å²) < 4.78 is 14.7. The Morgan fingerprint density at radius 2 is 2.19 bits per heavy atom. The van der Waals surface area contributed by atoms with E-state index >= 15 is 0 Å². The lowest BCUT2D eigenvalue weighted by molar-refractivity contribution is 0.1000. The number of halogens is 1. The molecular formula is C11H10FN3O. The Kier molecular flexibility index (Phi) is 2.44. The van der Waals surface area contributed by atoms with Crippen LogP contribution in [0.15, 0.2) is 30.6 Å². The number of aromatic nitrogens is 2. The number of aryl methyl sites for hydroxylation is 1. The molecular weight excluding hydrogens is 209 g/mol. The molecule has 2 aromatic rings. The zero-order valence-electron chi connectivity index (χ0n) is 8.64. The van der Waals surface area contributed by atoms with Gasteiger partial charge in [0.25, 0.3) is 0 Å². The standard InChI is InChI=1S/C11H10FN3O/c1-7-5-14-15(6-7)10-3-8(11(13)16)2-9(12)4-10/h2-6H,1H3,(H2,13,16). The summed E-state index contributed by atoms with van der Waals surface area (Å²) in [5.41, 5.74) is 6.65. The second-order valence-corrected chi connectivity index (χ2v) is 3.52. The third-order valence-electron chi connectivity index (χ3n) is 2.14. The number of nitrogens with two attached hydrogens (primary N) is 1. The first-order chi connectivity index (χ1) is 7.56. The first-order valence-corrected chi connectivity index (χ1v) is 4.68. The molecule has 5 heteroatoms. The average Bonchev–Trinajstić information content (AvgIpc) is 2.64. The van der Waals surface area contributed by atoms with Crippen LogP contribution in [0.3, 0.4) is 0 Å². The van der Waals surface area contributed by atoms with E-state index in [9.17, 15) is 9.18 Å². The SMILES string of the molecule is Cc1cnn(-c2cc(F)cc(C(N)=O)c2)c1. The van der Waals surface area contributed by atoms with Crippen molar-refractivity contribution in [3.63, 3.8) is 0 Å². The fraction of sp³-hybridized carbons (Fsp3) is 0.0909. The van der Waals surface area contributed by atoms with Gasteiger partial charge in [-0.05, 0) is 30.7 Å². The molecule has 0 aliphatic rings. The molecule has 0 aliphatic carbocycles. The van der Waals surface area contributed by atoms with Crippen LogP contribution in [0.1, 0.15) is 15.9 Å². The minimum absolute atomic E-state index is 0.128. The van der Waals surface area contributed by atoms with Gasteiger partial charge in [0, 0.05) is 11.8 Å². The Morgan fingerprint density at radius 1 is 1.44 bits per heavy atom. The van der Waals surface area contributed by atoms with E-state index in [0.29, 0.717) is 5.69 Å². The third kappa shape index (κ3) is 1.93. The van der Waals surface area contributed by atoms with Crippen LogP contribution in [0.25, 0.3) is 5.69 Å². The van der Waals surface area contributed by atoms with Crippen LogP contribution >= 0.6 is 0 Å². The van der Waals surface area contributed by atoms with Crippen LogP contribution in [0.5, 0.6) is 0 Å². The molecule has 82 valence electrons. The average molecular weight is 219 g/mol. The van der Waals surface area contributed by atoms with Crippen molar-refractivity contribution in [3.05, 3.63) is 47.5 Å². The molecule has 0 saturated heterocycles. The van der Waals surface area contributed by atoms with Crippen molar-refractivity contribution in [2.24, 2.45) is 5.73 Å². The van der Waals surface area contributed by atoms with Crippen molar-refractivity contribution in [2.75, 3.05) is 0 Å². The molecule has 0 bridgehead atoms. The van der Waals surface area contributed by atoms with Crippen molar-refractivity contribution in [1.29, 1.82) is 0 Å². The van der Waals surface area contributed by atoms with Gasteiger partial charge in [-0.2, -0.15) is 5.10 Å². The van der Waals surface area contributed by atoms with Gasteiger partial charge in [0.05, 0.1) is 11.9 Å². The number of nitrogens with zero attached hydrogens (tertiary/aromatic N) is 2. The van der Waals surface area contributed by atoms with Crippen molar-refractivity contribution in [1.82, 2.24) is 9.78 Å². The van der Waals surface area contributed by atoms with Crippen LogP contribution < -0.4 is 5.73 Å². The largest absolute Gasteiger partial charge is 0.366 e. The molecule has 0 fully saturated rings. The number of carbonyl (C=O) groups excluding carboxylic acids is 1. The molecule has 0 atom stereocenters. The number of primary amides is 1. The highest BCUT2D eigenvalue weighted by molar-refractivity contribution is 5.93. The normalized spacial score (nSPS) is 10.4. The van der Waals surface area contributed by atoms with Crippen LogP contribution in [0, 0.1) is 12.7 Å². The highest BCUT2D eigenvalue weighted by Gasteiger charge is 2.07. The molecule has 1 aromatic carbocycles. The molecule has 0 aliphatic heterocycles. The number of amides is 1. The highest BCUT2D eigenvalue weighted by Crippen LogP contribution is 2.13. The number of rotatable bonds is 2. The lowest BCUT2D eigenvalue weighted by atomic mass is 10.2. The number of hydrogen-bond donors (Lipinski definition) is 1. The summed E-state index contributed by atoms with van der Waals surface area (Å²) in [6.45, 7) is 1.87. The van der Waals surface area contributed by atoms with Gasteiger partial charge in [-0.15, -0.1) is 0 Å². The van der Waals surface area contributed by atoms with E-state index in [2.05, 4.69) is 5.10 Å². The molecule has 0 unspecified atom stereocenters. The number of hydrogen-bond acceptors (Lipinski definition) is 2. The van der Waals surface area contributed by atoms with E-state index in [1.807, 2.05) is 6.92 Å². The quantitative estimate of drug-likeness (QED) is 0.830. The summed E-state index contributed by atoms with van der Waals surface area (Å²) in [5.74, 6) is -1.18. The zero-order chi connectivity index (χ0) is 11.7. The summed E-state index contributed by atoms with van der Waals surface area (Å²) in [6, 6.07) is 3.89. The van der Waals surface area contributed by atoms with Crippen LogP contribution in [0.4, 0.5) is 4.39 Å². The molecule has 1 aromatic heterocycles. The first kappa shape index (κ1) is 10.4. The predicted molar refractivity (Wildman–Crippen MR) is 56.8 cm³/mol. The smallest absolute Gasteiger partial charge is 0.248 e. The maximum atomic E-state index is 13.2. The molecule has 0 saturated carbocycles. The highest BCUT2D eigenvalue weighted by atomic mass is 19.1. The maximum Gasteiger partial charge on any atom is 0.248 e. The van der Waals surface area contributed by atoms with Gasteiger partial charge in [0.2, 0.25) is 5.91 Å². The summed E-state index contributed by atoms with van der Waals surface area (Å²) in [6.07, 6.45) is 3.38. The lowest BCUT2D eigenvalue weighted by Crippen LogP contribution is -2.12. The van der Waals surface area contributed by atoms with Crippen molar-refractivity contribution in [2.45, 2.75) is 6.92 Å². The van der Waals surface area contributed by atoms with Gasteiger partial charge in [-0.3, -0.25) is 4.79 Å². The van der Waals surface area contributed by atoms with Crippen molar-refractivity contribution < 1.29 is 9.18 Å². The fourth-order valence-corrected chi connectivity index (χ4v) is 1.40. The second-order valence-electron chi connectivity index (χ2n) is 3.52. The van der Waals surface area contributed by atoms with Gasteiger partial charge < -0.3 is 5.73 Å². The molecule has 1 heterocycles. The Morgan fingerprint density at radius 3 is 2.75 bits per heavy atom. The molecule has 16 heavy (non-hydrogen) atoms. The van der Waals surface area contributed by atoms with Gasteiger partial charge in [0.1, 0.15) is 5.82 Å². The molecule has 4 nitrogen and oxygen atoms in total. The first-order valence-electron chi connectivity index (χ1n) is 4.68. The Hall–Kier alpha value is -2.17. The minimum atomic E-state index is -0.662. The Labute approximate surface area is 91.5 Å². The summed E-state index contributed by atoms with van der Waals surface area (Å²) in [5, 5.41) is 4.03. The van der Waals surface area contributed by atoms with E-state index in [1.54, 1.807) is 12.4 Å². The summed E-state index contributed by atoms with van der Waals surface area (Å²) in [7, 11) is 0. The molecule has 2 rings (SSSR count). The van der Waals surface area contributed by atoms with Gasteiger partial charge in [-0.25, -0.2) is 9.07 Å². The fourth-order valence-electron chi connectivity index (χ4n) is 1.40. The van der Waals surface area contributed by atoms with E-state index in [4.69, 9.17) is 5.73 Å². The van der Waals surface area contributed by atoms with Crippen molar-refractivity contribution in [3.8, 4) is 5.69 Å². The summed E-state index contributed by atoms with van der Waals surface area (Å²) in [4.78, 5) is 11.0. The van der Waals surface area contributed by atoms with Crippen LogP contribution in [-0.2, 0) is 0 Å². The minimum Gasteiger partial charge on any atom is -0.366 e. The van der Waals surface area contributed by atoms with E-state index in [-0.39, 0.29) is 5.56 Å². The second kappa shape index (κ2) is 3.77. The monoisotopic (exact) mass is 219 g/mol. The molecule has 2 N–H and O–H groups in total. The van der Waals surface area contributed by atoms with E-state index < -0.39 is 11.7 Å². The Bertz CT molecular complexity index is 548. The maximum absolute atomic E-state index is 13.2. The lowest BCUT2D eigenvalue weighted by Gasteiger charge is -2.03. The zero-order valence-corrected chi connectivity index (χ0v) is 8.64. The van der Waals surface area contributed by atoms with E-state index in [1.165, 1.54) is 16.8 Å². The summed E-state index contributed by atoms with van der Waals surface area (Å²) >= 11 is 0. The Balaban J connectivity index is 2.53. The number of carbonyl (C=O) groups is 1. The molecule has 0 spiro atoms. The van der Waals surface area contributed by atoms with Crippen LogP contribution in [0.2, 0.25) is 0 Å². The number of benzene rings is 1. The van der Waals surface area contributed by atoms with Gasteiger partial charge in [-0.1, -0.05) is 0 Å². The third-order valence-corrected chi connectivity index (χ3v) is 2.14. The van der Waals surface area contributed by atoms with Gasteiger partial charge in [0.15, 0.2) is 0 Å². The molecule has 0 radical (unpaired) electrons. The predicted octanol–water partition coefficient (Wildman–Crippen LogP) is 1.42. The topological polar surface area (TPSA) is 60.9 Å². The van der Waals surface area contributed by atoms with E-state index in [0.717, 1.165) is 11.6 Å².